The number of halogens is 2. The molecule has 2 N–H and O–H groups in total. The number of likely N-dealkylation sites (N-methyl/N-ethyl adjacent to an activating group) is 1. The van der Waals surface area contributed by atoms with Crippen LogP contribution in [0.25, 0.3) is 0 Å². The van der Waals surface area contributed by atoms with Gasteiger partial charge in [-0.1, -0.05) is 11.6 Å². The molecule has 0 aliphatic heterocycles. The largest absolute Gasteiger partial charge is 1.00 e. The summed E-state index contributed by atoms with van der Waals surface area (Å²) in [7, 11) is 5.88. The van der Waals surface area contributed by atoms with Crippen LogP contribution in [-0.4, -0.2) is 38.0 Å². The molecule has 0 unspecified atom stereocenters. The maximum atomic E-state index is 11.9. The van der Waals surface area contributed by atoms with E-state index in [-0.39, 0.29) is 18.2 Å². The zero-order chi connectivity index (χ0) is 11.6. The van der Waals surface area contributed by atoms with E-state index in [0.29, 0.717) is 27.3 Å². The van der Waals surface area contributed by atoms with Crippen LogP contribution in [0.15, 0.2) is 18.2 Å². The molecule has 0 aromatic heterocycles. The lowest BCUT2D eigenvalue weighted by Gasteiger charge is -2.22. The smallest absolute Gasteiger partial charge is 0.218 e. The summed E-state index contributed by atoms with van der Waals surface area (Å²) in [5.74, 6) is 0.0347. The summed E-state index contributed by atoms with van der Waals surface area (Å²) in [6.07, 6.45) is 0. The van der Waals surface area contributed by atoms with Crippen LogP contribution in [0.2, 0.25) is 5.02 Å². The fraction of sp³-hybridized carbons (Fsp3) is 0.364. The topological polar surface area (TPSA) is 43.1 Å². The second kappa shape index (κ2) is 5.53. The second-order valence-electron chi connectivity index (χ2n) is 4.61. The van der Waals surface area contributed by atoms with Crippen LogP contribution >= 0.6 is 11.6 Å². The van der Waals surface area contributed by atoms with Crippen LogP contribution in [0.3, 0.4) is 0 Å². The quantitative estimate of drug-likeness (QED) is 0.423. The Morgan fingerprint density at radius 2 is 1.94 bits per heavy atom. The van der Waals surface area contributed by atoms with Crippen molar-refractivity contribution in [1.29, 1.82) is 0 Å². The minimum Gasteiger partial charge on any atom is -1.00 e. The number of nitrogens with zero attached hydrogens (tertiary/aromatic N) is 1. The van der Waals surface area contributed by atoms with Crippen LogP contribution in [-0.2, 0) is 0 Å². The van der Waals surface area contributed by atoms with Crippen molar-refractivity contribution in [3.05, 3.63) is 28.8 Å². The Morgan fingerprint density at radius 3 is 2.38 bits per heavy atom. The molecular formula is C11H16Cl2N2O. The third kappa shape index (κ3) is 4.39. The molecule has 0 heterocycles. The van der Waals surface area contributed by atoms with Gasteiger partial charge in [-0.15, -0.1) is 0 Å². The highest BCUT2D eigenvalue weighted by atomic mass is 35.5. The Kier molecular flexibility index (Phi) is 5.26. The van der Waals surface area contributed by atoms with Gasteiger partial charge in [-0.3, -0.25) is 4.79 Å². The minimum atomic E-state index is 0. The van der Waals surface area contributed by atoms with E-state index in [0.717, 1.165) is 0 Å². The Labute approximate surface area is 107 Å². The Balaban J connectivity index is 0.00000225. The number of ketones is 1. The van der Waals surface area contributed by atoms with Crippen LogP contribution in [0.4, 0.5) is 5.69 Å². The molecule has 1 aromatic carbocycles. The van der Waals surface area contributed by atoms with Gasteiger partial charge in [0.05, 0.1) is 26.2 Å². The van der Waals surface area contributed by atoms with E-state index in [9.17, 15) is 4.79 Å². The number of anilines is 1. The van der Waals surface area contributed by atoms with Gasteiger partial charge in [0, 0.05) is 11.3 Å². The molecule has 0 bridgehead atoms. The van der Waals surface area contributed by atoms with Crippen molar-refractivity contribution < 1.29 is 21.7 Å². The van der Waals surface area contributed by atoms with Crippen molar-refractivity contribution >= 4 is 23.1 Å². The maximum Gasteiger partial charge on any atom is 0.218 e. The standard InChI is InChI=1S/C11H15ClN2O.ClH/c1-14(2,3)7-11(15)9-5-4-8(13)6-10(9)12;/h4-6H,7H2,1-3H3,(H-,13,15);1H. The first-order valence-corrected chi connectivity index (χ1v) is 5.06. The van der Waals surface area contributed by atoms with E-state index in [1.807, 2.05) is 21.1 Å². The van der Waals surface area contributed by atoms with E-state index in [1.165, 1.54) is 0 Å². The number of nitrogens with two attached hydrogens (primary N) is 1. The number of hydrogen-bond acceptors (Lipinski definition) is 2. The van der Waals surface area contributed by atoms with Gasteiger partial charge in [0.25, 0.3) is 0 Å². The summed E-state index contributed by atoms with van der Waals surface area (Å²) in [5, 5.41) is 0.424. The molecule has 3 nitrogen and oxygen atoms in total. The Hall–Kier alpha value is -0.770. The molecule has 0 aliphatic carbocycles. The summed E-state index contributed by atoms with van der Waals surface area (Å²) in [6.45, 7) is 0.420. The number of Topliss-reactive ketones (excluding diaryl/α,β-unsaturated/α-hetero) is 1. The molecule has 5 heteroatoms. The van der Waals surface area contributed by atoms with E-state index in [2.05, 4.69) is 0 Å². The second-order valence-corrected chi connectivity index (χ2v) is 5.02. The molecule has 16 heavy (non-hydrogen) atoms. The zero-order valence-electron chi connectivity index (χ0n) is 9.63. The van der Waals surface area contributed by atoms with E-state index in [1.54, 1.807) is 18.2 Å². The van der Waals surface area contributed by atoms with Crippen LogP contribution in [0, 0.1) is 0 Å². The Bertz CT molecular complexity index is 386. The lowest BCUT2D eigenvalue weighted by molar-refractivity contribution is -0.861. The lowest BCUT2D eigenvalue weighted by Crippen LogP contribution is -3.00. The third-order valence-electron chi connectivity index (χ3n) is 1.91. The van der Waals surface area contributed by atoms with Crippen molar-refractivity contribution in [2.45, 2.75) is 0 Å². The van der Waals surface area contributed by atoms with Gasteiger partial charge in [-0.2, -0.15) is 0 Å². The number of quaternary nitrogens is 1. The van der Waals surface area contributed by atoms with Crippen molar-refractivity contribution in [2.75, 3.05) is 33.4 Å². The SMILES string of the molecule is C[N+](C)(C)CC(=O)c1ccc(N)cc1Cl.[Cl-]. The number of nitrogen functional groups attached to an aromatic ring is 1. The summed E-state index contributed by atoms with van der Waals surface area (Å²) in [5.41, 5.74) is 6.67. The molecule has 1 rings (SSSR count). The first kappa shape index (κ1) is 15.2. The van der Waals surface area contributed by atoms with Gasteiger partial charge in [-0.05, 0) is 18.2 Å². The summed E-state index contributed by atoms with van der Waals surface area (Å²) >= 11 is 5.95. The number of hydrogen-bond donors (Lipinski definition) is 1. The molecule has 0 aliphatic rings. The van der Waals surface area contributed by atoms with Crippen molar-refractivity contribution in [2.24, 2.45) is 0 Å². The van der Waals surface area contributed by atoms with Gasteiger partial charge < -0.3 is 22.6 Å². The maximum absolute atomic E-state index is 11.9. The van der Waals surface area contributed by atoms with Gasteiger partial charge in [0.15, 0.2) is 0 Å². The first-order chi connectivity index (χ1) is 6.79. The molecule has 0 fully saturated rings. The zero-order valence-corrected chi connectivity index (χ0v) is 11.1. The van der Waals surface area contributed by atoms with Crippen LogP contribution in [0.5, 0.6) is 0 Å². The minimum absolute atomic E-state index is 0. The highest BCUT2D eigenvalue weighted by Crippen LogP contribution is 2.20. The molecule has 0 atom stereocenters. The third-order valence-corrected chi connectivity index (χ3v) is 2.22. The van der Waals surface area contributed by atoms with Gasteiger partial charge in [-0.25, -0.2) is 0 Å². The Morgan fingerprint density at radius 1 is 1.38 bits per heavy atom. The predicted molar refractivity (Wildman–Crippen MR) is 63.1 cm³/mol. The van der Waals surface area contributed by atoms with Gasteiger partial charge >= 0.3 is 0 Å². The summed E-state index contributed by atoms with van der Waals surface area (Å²) in [6, 6.07) is 4.97. The predicted octanol–water partition coefficient (Wildman–Crippen LogP) is -1.18. The summed E-state index contributed by atoms with van der Waals surface area (Å²) < 4.78 is 0.583. The highest BCUT2D eigenvalue weighted by molar-refractivity contribution is 6.34. The number of carbonyl (C=O) groups excluding carboxylic acids is 1. The molecule has 0 radical (unpaired) electrons. The lowest BCUT2D eigenvalue weighted by atomic mass is 10.1. The monoisotopic (exact) mass is 262 g/mol. The molecule has 0 amide bonds. The summed E-state index contributed by atoms with van der Waals surface area (Å²) in [4.78, 5) is 11.9. The van der Waals surface area contributed by atoms with E-state index >= 15 is 0 Å². The van der Waals surface area contributed by atoms with Crippen LogP contribution < -0.4 is 18.1 Å². The fourth-order valence-corrected chi connectivity index (χ4v) is 1.57. The van der Waals surface area contributed by atoms with Crippen LogP contribution in [0.1, 0.15) is 10.4 Å². The number of benzene rings is 1. The fourth-order valence-electron chi connectivity index (χ4n) is 1.27. The van der Waals surface area contributed by atoms with E-state index < -0.39 is 0 Å². The van der Waals surface area contributed by atoms with Gasteiger partial charge in [0.2, 0.25) is 5.78 Å². The molecule has 90 valence electrons. The number of carbonyl (C=O) groups is 1. The molecule has 0 spiro atoms. The molecule has 1 aromatic rings. The molecular weight excluding hydrogens is 247 g/mol. The van der Waals surface area contributed by atoms with Crippen molar-refractivity contribution in [1.82, 2.24) is 0 Å². The average molecular weight is 263 g/mol. The molecule has 0 saturated carbocycles. The van der Waals surface area contributed by atoms with Gasteiger partial charge in [0.1, 0.15) is 6.54 Å². The normalized spacial score (nSPS) is 10.8. The molecule has 0 saturated heterocycles. The highest BCUT2D eigenvalue weighted by Gasteiger charge is 2.18. The van der Waals surface area contributed by atoms with E-state index in [4.69, 9.17) is 17.3 Å². The number of rotatable bonds is 3. The van der Waals surface area contributed by atoms with Crippen molar-refractivity contribution in [3.8, 4) is 0 Å². The first-order valence-electron chi connectivity index (χ1n) is 4.68. The van der Waals surface area contributed by atoms with Crippen molar-refractivity contribution in [3.63, 3.8) is 0 Å². The average Bonchev–Trinajstić information content (AvgIpc) is 1.99.